The van der Waals surface area contributed by atoms with E-state index in [1.165, 1.54) is 6.92 Å². The summed E-state index contributed by atoms with van der Waals surface area (Å²) in [4.78, 5) is 10.3. The van der Waals surface area contributed by atoms with Crippen molar-refractivity contribution in [3.8, 4) is 0 Å². The highest BCUT2D eigenvalue weighted by Crippen LogP contribution is 2.33. The molecule has 0 spiro atoms. The Kier molecular flexibility index (Phi) is 4.19. The van der Waals surface area contributed by atoms with E-state index in [-0.39, 0.29) is 18.1 Å². The normalized spacial score (nSPS) is 11.0. The summed E-state index contributed by atoms with van der Waals surface area (Å²) in [6, 6.07) is 0. The highest BCUT2D eigenvalue weighted by molar-refractivity contribution is 5.85. The van der Waals surface area contributed by atoms with Gasteiger partial charge in [-0.15, -0.1) is 12.4 Å². The number of nitrogen functional groups attached to an aromatic ring is 1. The zero-order chi connectivity index (χ0) is 11.8. The van der Waals surface area contributed by atoms with Crippen LogP contribution in [0.25, 0.3) is 0 Å². The lowest BCUT2D eigenvalue weighted by atomic mass is 10.3. The third-order valence-electron chi connectivity index (χ3n) is 1.81. The fraction of sp³-hybridized carbons (Fsp3) is 0.429. The van der Waals surface area contributed by atoms with E-state index >= 15 is 0 Å². The molecule has 1 aromatic rings. The van der Waals surface area contributed by atoms with Crippen molar-refractivity contribution in [2.45, 2.75) is 19.6 Å². The van der Waals surface area contributed by atoms with Crippen LogP contribution >= 0.6 is 12.4 Å². The summed E-state index contributed by atoms with van der Waals surface area (Å²) < 4.78 is 37.5. The summed E-state index contributed by atoms with van der Waals surface area (Å²) in [5.74, 6) is -1.28. The molecule has 0 saturated heterocycles. The first-order chi connectivity index (χ1) is 6.73. The molecule has 92 valence electrons. The lowest BCUT2D eigenvalue weighted by Gasteiger charge is -2.01. The van der Waals surface area contributed by atoms with Crippen molar-refractivity contribution in [2.75, 3.05) is 5.73 Å². The van der Waals surface area contributed by atoms with E-state index < -0.39 is 30.1 Å². The maximum Gasteiger partial charge on any atom is 0.437 e. The smallest absolute Gasteiger partial charge is 0.437 e. The first kappa shape index (κ1) is 14.6. The average molecular weight is 260 g/mol. The van der Waals surface area contributed by atoms with Crippen LogP contribution in [-0.4, -0.2) is 20.9 Å². The van der Waals surface area contributed by atoms with Gasteiger partial charge in [0.2, 0.25) is 0 Å². The number of carbonyl (C=O) groups is 1. The number of carboxylic acids is 1. The van der Waals surface area contributed by atoms with Crippen LogP contribution in [0.1, 0.15) is 11.4 Å². The Bertz CT molecular complexity index is 402. The summed E-state index contributed by atoms with van der Waals surface area (Å²) in [7, 11) is 0. The molecule has 1 rings (SSSR count). The average Bonchev–Trinajstić information content (AvgIpc) is 2.30. The molecule has 1 aromatic heterocycles. The fourth-order valence-electron chi connectivity index (χ4n) is 1.05. The SMILES string of the molecule is Cc1c(N)c(C(F)(F)F)nn1CC(=O)O.Cl. The molecular weight excluding hydrogens is 251 g/mol. The molecule has 9 heteroatoms. The van der Waals surface area contributed by atoms with Crippen LogP contribution in [0.15, 0.2) is 0 Å². The van der Waals surface area contributed by atoms with Gasteiger partial charge in [-0.05, 0) is 6.92 Å². The Morgan fingerprint density at radius 3 is 2.38 bits per heavy atom. The zero-order valence-corrected chi connectivity index (χ0v) is 8.89. The zero-order valence-electron chi connectivity index (χ0n) is 8.08. The van der Waals surface area contributed by atoms with Gasteiger partial charge in [0, 0.05) is 0 Å². The first-order valence-corrected chi connectivity index (χ1v) is 3.85. The predicted octanol–water partition coefficient (Wildman–Crippen LogP) is 1.30. The van der Waals surface area contributed by atoms with Gasteiger partial charge in [-0.25, -0.2) is 0 Å². The van der Waals surface area contributed by atoms with Gasteiger partial charge in [-0.2, -0.15) is 18.3 Å². The van der Waals surface area contributed by atoms with Crippen molar-refractivity contribution in [1.29, 1.82) is 0 Å². The molecule has 0 aliphatic heterocycles. The molecule has 0 aromatic carbocycles. The molecule has 16 heavy (non-hydrogen) atoms. The number of alkyl halides is 3. The number of hydrogen-bond donors (Lipinski definition) is 2. The summed E-state index contributed by atoms with van der Waals surface area (Å²) in [5, 5.41) is 11.5. The Morgan fingerprint density at radius 2 is 2.06 bits per heavy atom. The Labute approximate surface area is 94.4 Å². The van der Waals surface area contributed by atoms with Crippen LogP contribution in [0.2, 0.25) is 0 Å². The van der Waals surface area contributed by atoms with Crippen LogP contribution < -0.4 is 5.73 Å². The van der Waals surface area contributed by atoms with Gasteiger partial charge < -0.3 is 10.8 Å². The molecule has 0 unspecified atom stereocenters. The van der Waals surface area contributed by atoms with Crippen molar-refractivity contribution in [1.82, 2.24) is 9.78 Å². The predicted molar refractivity (Wildman–Crippen MR) is 51.3 cm³/mol. The van der Waals surface area contributed by atoms with Gasteiger partial charge >= 0.3 is 12.1 Å². The quantitative estimate of drug-likeness (QED) is 0.839. The summed E-state index contributed by atoms with van der Waals surface area (Å²) >= 11 is 0. The summed E-state index contributed by atoms with van der Waals surface area (Å²) in [6.45, 7) is 0.632. The Balaban J connectivity index is 0.00000225. The molecule has 3 N–H and O–H groups in total. The number of rotatable bonds is 2. The van der Waals surface area contributed by atoms with E-state index in [2.05, 4.69) is 5.10 Å². The number of aliphatic carboxylic acids is 1. The number of aromatic nitrogens is 2. The second-order valence-corrected chi connectivity index (χ2v) is 2.90. The summed E-state index contributed by atoms with van der Waals surface area (Å²) in [6.07, 6.45) is -4.67. The van der Waals surface area contributed by atoms with Crippen LogP contribution in [-0.2, 0) is 17.5 Å². The third-order valence-corrected chi connectivity index (χ3v) is 1.81. The van der Waals surface area contributed by atoms with Crippen molar-refractivity contribution >= 4 is 24.1 Å². The van der Waals surface area contributed by atoms with Crippen molar-refractivity contribution < 1.29 is 23.1 Å². The maximum atomic E-state index is 12.3. The summed E-state index contributed by atoms with van der Waals surface area (Å²) in [5.41, 5.74) is 3.37. The minimum absolute atomic E-state index is 0. The number of halogens is 4. The minimum Gasteiger partial charge on any atom is -0.480 e. The van der Waals surface area contributed by atoms with E-state index in [1.54, 1.807) is 0 Å². The van der Waals surface area contributed by atoms with E-state index in [0.29, 0.717) is 4.68 Å². The van der Waals surface area contributed by atoms with Crippen LogP contribution in [0.3, 0.4) is 0 Å². The standard InChI is InChI=1S/C7H8F3N3O2.ClH/c1-3-5(11)6(7(8,9)10)12-13(3)2-4(14)15;/h2,11H2,1H3,(H,14,15);1H. The molecule has 0 amide bonds. The van der Waals surface area contributed by atoms with Gasteiger partial charge in [-0.3, -0.25) is 9.48 Å². The lowest BCUT2D eigenvalue weighted by Crippen LogP contribution is -2.13. The highest BCUT2D eigenvalue weighted by Gasteiger charge is 2.37. The largest absolute Gasteiger partial charge is 0.480 e. The topological polar surface area (TPSA) is 81.1 Å². The second kappa shape index (κ2) is 4.60. The van der Waals surface area contributed by atoms with Gasteiger partial charge in [0.15, 0.2) is 5.69 Å². The van der Waals surface area contributed by atoms with Gasteiger partial charge in [-0.1, -0.05) is 0 Å². The van der Waals surface area contributed by atoms with Gasteiger partial charge in [0.25, 0.3) is 0 Å². The molecule has 1 heterocycles. The molecular formula is C7H9ClF3N3O2. The maximum absolute atomic E-state index is 12.3. The Hall–Kier alpha value is -1.44. The molecule has 0 aliphatic rings. The third kappa shape index (κ3) is 2.78. The van der Waals surface area contributed by atoms with E-state index in [9.17, 15) is 18.0 Å². The molecule has 0 saturated carbocycles. The van der Waals surface area contributed by atoms with Crippen LogP contribution in [0.4, 0.5) is 18.9 Å². The lowest BCUT2D eigenvalue weighted by molar-refractivity contribution is -0.142. The number of anilines is 1. The van der Waals surface area contributed by atoms with E-state index in [1.807, 2.05) is 0 Å². The first-order valence-electron chi connectivity index (χ1n) is 3.85. The van der Waals surface area contributed by atoms with Crippen molar-refractivity contribution in [2.24, 2.45) is 0 Å². The molecule has 0 fully saturated rings. The fourth-order valence-corrected chi connectivity index (χ4v) is 1.05. The molecule has 0 atom stereocenters. The number of carboxylic acid groups (broad SMARTS) is 1. The van der Waals surface area contributed by atoms with Gasteiger partial charge in [0.05, 0.1) is 11.4 Å². The van der Waals surface area contributed by atoms with E-state index in [0.717, 1.165) is 0 Å². The van der Waals surface area contributed by atoms with Gasteiger partial charge in [0.1, 0.15) is 6.54 Å². The van der Waals surface area contributed by atoms with Crippen molar-refractivity contribution in [3.05, 3.63) is 11.4 Å². The molecule has 0 radical (unpaired) electrons. The van der Waals surface area contributed by atoms with Crippen LogP contribution in [0.5, 0.6) is 0 Å². The molecule has 0 bridgehead atoms. The number of hydrogen-bond acceptors (Lipinski definition) is 3. The molecule has 5 nitrogen and oxygen atoms in total. The van der Waals surface area contributed by atoms with Crippen molar-refractivity contribution in [3.63, 3.8) is 0 Å². The van der Waals surface area contributed by atoms with E-state index in [4.69, 9.17) is 10.8 Å². The number of nitrogens with two attached hydrogens (primary N) is 1. The highest BCUT2D eigenvalue weighted by atomic mass is 35.5. The van der Waals surface area contributed by atoms with Crippen LogP contribution in [0, 0.1) is 6.92 Å². The monoisotopic (exact) mass is 259 g/mol. The Morgan fingerprint density at radius 1 is 1.56 bits per heavy atom. The molecule has 0 aliphatic carbocycles. The number of nitrogens with zero attached hydrogens (tertiary/aromatic N) is 2. The second-order valence-electron chi connectivity index (χ2n) is 2.90. The minimum atomic E-state index is -4.67.